The lowest BCUT2D eigenvalue weighted by Gasteiger charge is -2.30. The van der Waals surface area contributed by atoms with Crippen LogP contribution in [-0.4, -0.2) is 36.5 Å². The molecule has 0 radical (unpaired) electrons. The highest BCUT2D eigenvalue weighted by atomic mass is 19.1. The smallest absolute Gasteiger partial charge is 0.260 e. The normalized spacial score (nSPS) is 19.7. The van der Waals surface area contributed by atoms with E-state index in [9.17, 15) is 9.18 Å². The van der Waals surface area contributed by atoms with Gasteiger partial charge in [-0.15, -0.1) is 0 Å². The second kappa shape index (κ2) is 5.82. The number of likely N-dealkylation sites (tertiary alicyclic amines) is 1. The number of piperidine rings is 1. The molecule has 0 aromatic heterocycles. The van der Waals surface area contributed by atoms with E-state index in [2.05, 4.69) is 0 Å². The quantitative estimate of drug-likeness (QED) is 0.878. The Labute approximate surface area is 106 Å². The van der Waals surface area contributed by atoms with Crippen molar-refractivity contribution in [1.29, 1.82) is 0 Å². The predicted octanol–water partition coefficient (Wildman–Crippen LogP) is 1.15. The van der Waals surface area contributed by atoms with Gasteiger partial charge in [0.25, 0.3) is 5.91 Å². The van der Waals surface area contributed by atoms with Crippen molar-refractivity contribution in [3.05, 3.63) is 30.1 Å². The molecule has 1 aliphatic heterocycles. The Kier molecular flexibility index (Phi) is 4.15. The van der Waals surface area contributed by atoms with Gasteiger partial charge in [0, 0.05) is 25.2 Å². The fraction of sp³-hybridized carbons (Fsp3) is 0.462. The highest BCUT2D eigenvalue weighted by molar-refractivity contribution is 5.77. The van der Waals surface area contributed by atoms with Gasteiger partial charge in [0.2, 0.25) is 0 Å². The highest BCUT2D eigenvalue weighted by Crippen LogP contribution is 2.13. The molecule has 4 nitrogen and oxygen atoms in total. The van der Waals surface area contributed by atoms with Crippen molar-refractivity contribution < 1.29 is 13.9 Å². The van der Waals surface area contributed by atoms with Crippen molar-refractivity contribution in [3.8, 4) is 5.75 Å². The minimum absolute atomic E-state index is 0.0527. The molecule has 0 unspecified atom stereocenters. The summed E-state index contributed by atoms with van der Waals surface area (Å²) < 4.78 is 18.2. The average Bonchev–Trinajstić information content (AvgIpc) is 2.36. The molecule has 0 spiro atoms. The van der Waals surface area contributed by atoms with Crippen LogP contribution in [0.5, 0.6) is 5.75 Å². The van der Waals surface area contributed by atoms with Gasteiger partial charge in [0.1, 0.15) is 11.6 Å². The van der Waals surface area contributed by atoms with Crippen molar-refractivity contribution in [2.75, 3.05) is 19.7 Å². The number of benzene rings is 1. The van der Waals surface area contributed by atoms with Crippen LogP contribution in [0, 0.1) is 5.82 Å². The van der Waals surface area contributed by atoms with Crippen LogP contribution in [0.25, 0.3) is 0 Å². The summed E-state index contributed by atoms with van der Waals surface area (Å²) in [4.78, 5) is 13.6. The number of ether oxygens (including phenoxy) is 1. The van der Waals surface area contributed by atoms with E-state index in [0.717, 1.165) is 19.4 Å². The van der Waals surface area contributed by atoms with E-state index in [1.165, 1.54) is 12.1 Å². The second-order valence-electron chi connectivity index (χ2n) is 4.49. The van der Waals surface area contributed by atoms with E-state index in [1.54, 1.807) is 17.0 Å². The van der Waals surface area contributed by atoms with E-state index < -0.39 is 0 Å². The maximum Gasteiger partial charge on any atom is 0.260 e. The number of carbonyl (C=O) groups excluding carboxylic acids is 1. The minimum Gasteiger partial charge on any atom is -0.484 e. The van der Waals surface area contributed by atoms with E-state index in [0.29, 0.717) is 12.3 Å². The molecule has 1 heterocycles. The molecule has 1 aromatic rings. The largest absolute Gasteiger partial charge is 0.484 e. The van der Waals surface area contributed by atoms with Gasteiger partial charge >= 0.3 is 0 Å². The Morgan fingerprint density at radius 3 is 3.11 bits per heavy atom. The zero-order valence-electron chi connectivity index (χ0n) is 10.1. The van der Waals surface area contributed by atoms with Crippen LogP contribution < -0.4 is 10.5 Å². The van der Waals surface area contributed by atoms with Gasteiger partial charge < -0.3 is 15.4 Å². The minimum atomic E-state index is -0.375. The number of nitrogens with zero attached hydrogens (tertiary/aromatic N) is 1. The molecular weight excluding hydrogens is 235 g/mol. The molecule has 1 amide bonds. The Hall–Kier alpha value is -1.62. The molecule has 1 fully saturated rings. The zero-order chi connectivity index (χ0) is 13.0. The maximum absolute atomic E-state index is 12.9. The van der Waals surface area contributed by atoms with Crippen molar-refractivity contribution in [2.24, 2.45) is 5.73 Å². The van der Waals surface area contributed by atoms with E-state index in [-0.39, 0.29) is 24.4 Å². The third kappa shape index (κ3) is 3.43. The average molecular weight is 252 g/mol. The number of carbonyl (C=O) groups is 1. The third-order valence-electron chi connectivity index (χ3n) is 2.97. The van der Waals surface area contributed by atoms with Crippen LogP contribution >= 0.6 is 0 Å². The van der Waals surface area contributed by atoms with Crippen molar-refractivity contribution in [1.82, 2.24) is 4.90 Å². The Bertz CT molecular complexity index is 425. The van der Waals surface area contributed by atoms with Gasteiger partial charge in [-0.2, -0.15) is 0 Å². The number of rotatable bonds is 3. The molecule has 1 aliphatic rings. The number of hydrogen-bond donors (Lipinski definition) is 1. The molecule has 2 N–H and O–H groups in total. The molecule has 1 aromatic carbocycles. The van der Waals surface area contributed by atoms with Crippen LogP contribution in [0.1, 0.15) is 12.8 Å². The van der Waals surface area contributed by atoms with Gasteiger partial charge in [-0.3, -0.25) is 4.79 Å². The first-order valence-corrected chi connectivity index (χ1v) is 6.07. The van der Waals surface area contributed by atoms with Gasteiger partial charge in [0.05, 0.1) is 0 Å². The standard InChI is InChI=1S/C13H17FN2O2/c14-10-3-1-5-12(7-10)18-9-13(17)16-6-2-4-11(15)8-16/h1,3,5,7,11H,2,4,6,8-9,15H2/t11-/m1/s1. The first-order valence-electron chi connectivity index (χ1n) is 6.07. The summed E-state index contributed by atoms with van der Waals surface area (Å²) >= 11 is 0. The molecule has 98 valence electrons. The molecule has 18 heavy (non-hydrogen) atoms. The van der Waals surface area contributed by atoms with E-state index >= 15 is 0 Å². The summed E-state index contributed by atoms with van der Waals surface area (Å²) in [7, 11) is 0. The number of nitrogens with two attached hydrogens (primary N) is 1. The molecule has 0 saturated carbocycles. The SMILES string of the molecule is N[C@@H]1CCCN(C(=O)COc2cccc(F)c2)C1. The van der Waals surface area contributed by atoms with E-state index in [4.69, 9.17) is 10.5 Å². The number of halogens is 1. The lowest BCUT2D eigenvalue weighted by atomic mass is 10.1. The highest BCUT2D eigenvalue weighted by Gasteiger charge is 2.21. The molecule has 2 rings (SSSR count). The van der Waals surface area contributed by atoms with E-state index in [1.807, 2.05) is 0 Å². The van der Waals surface area contributed by atoms with Crippen molar-refractivity contribution in [3.63, 3.8) is 0 Å². The summed E-state index contributed by atoms with van der Waals surface area (Å²) in [5, 5.41) is 0. The Balaban J connectivity index is 1.84. The summed E-state index contributed by atoms with van der Waals surface area (Å²) in [5.41, 5.74) is 5.81. The summed E-state index contributed by atoms with van der Waals surface area (Å²) in [6.45, 7) is 1.22. The zero-order valence-corrected chi connectivity index (χ0v) is 10.1. The fourth-order valence-corrected chi connectivity index (χ4v) is 2.03. The van der Waals surface area contributed by atoms with Gasteiger partial charge in [-0.1, -0.05) is 6.07 Å². The van der Waals surface area contributed by atoms with Crippen molar-refractivity contribution in [2.45, 2.75) is 18.9 Å². The predicted molar refractivity (Wildman–Crippen MR) is 65.7 cm³/mol. The summed E-state index contributed by atoms with van der Waals surface area (Å²) in [5.74, 6) is -0.112. The lowest BCUT2D eigenvalue weighted by molar-refractivity contribution is -0.134. The molecule has 0 aliphatic carbocycles. The lowest BCUT2D eigenvalue weighted by Crippen LogP contribution is -2.47. The number of amides is 1. The molecule has 1 saturated heterocycles. The summed E-state index contributed by atoms with van der Waals surface area (Å²) in [6, 6.07) is 5.81. The number of hydrogen-bond acceptors (Lipinski definition) is 3. The Morgan fingerprint density at radius 2 is 2.39 bits per heavy atom. The van der Waals surface area contributed by atoms with Gasteiger partial charge in [0.15, 0.2) is 6.61 Å². The molecular formula is C13H17FN2O2. The fourth-order valence-electron chi connectivity index (χ4n) is 2.03. The van der Waals surface area contributed by atoms with Gasteiger partial charge in [-0.05, 0) is 25.0 Å². The van der Waals surface area contributed by atoms with Crippen LogP contribution in [-0.2, 0) is 4.79 Å². The maximum atomic E-state index is 12.9. The second-order valence-corrected chi connectivity index (χ2v) is 4.49. The molecule has 5 heteroatoms. The van der Waals surface area contributed by atoms with Crippen LogP contribution in [0.2, 0.25) is 0 Å². The summed E-state index contributed by atoms with van der Waals surface area (Å²) in [6.07, 6.45) is 1.88. The van der Waals surface area contributed by atoms with Crippen LogP contribution in [0.3, 0.4) is 0 Å². The van der Waals surface area contributed by atoms with Gasteiger partial charge in [-0.25, -0.2) is 4.39 Å². The van der Waals surface area contributed by atoms with Crippen LogP contribution in [0.4, 0.5) is 4.39 Å². The topological polar surface area (TPSA) is 55.6 Å². The molecule has 1 atom stereocenters. The first-order chi connectivity index (χ1) is 8.65. The Morgan fingerprint density at radius 1 is 1.56 bits per heavy atom. The first kappa shape index (κ1) is 12.8. The monoisotopic (exact) mass is 252 g/mol. The van der Waals surface area contributed by atoms with Crippen LogP contribution in [0.15, 0.2) is 24.3 Å². The van der Waals surface area contributed by atoms with Crippen molar-refractivity contribution >= 4 is 5.91 Å². The molecule has 0 bridgehead atoms. The third-order valence-corrected chi connectivity index (χ3v) is 2.97.